The predicted octanol–water partition coefficient (Wildman–Crippen LogP) is 2.83. The van der Waals surface area contributed by atoms with Crippen LogP contribution in [0.3, 0.4) is 0 Å². The number of Topliss-reactive ketones (excluding diaryl/α,β-unsaturated/α-hetero) is 1. The van der Waals surface area contributed by atoms with Gasteiger partial charge in [-0.1, -0.05) is 45.4 Å². The number of rotatable bonds is 48. The second-order valence-corrected chi connectivity index (χ2v) is 12.3. The Balaban J connectivity index is 3.15. The van der Waals surface area contributed by atoms with E-state index in [1.807, 2.05) is 0 Å². The van der Waals surface area contributed by atoms with Gasteiger partial charge in [-0.3, -0.25) is 14.4 Å². The fourth-order valence-corrected chi connectivity index (χ4v) is 4.42. The number of carbonyl (C=O) groups excluding carboxylic acids is 3. The highest BCUT2D eigenvalue weighted by atomic mass is 16.6. The zero-order valence-corrected chi connectivity index (χ0v) is 34.4. The molecule has 0 aliphatic rings. The van der Waals surface area contributed by atoms with Crippen molar-refractivity contribution in [1.29, 1.82) is 0 Å². The minimum atomic E-state index is -1.57. The highest BCUT2D eigenvalue weighted by molar-refractivity contribution is 6.32. The molecule has 0 aliphatic carbocycles. The first-order valence-corrected chi connectivity index (χ1v) is 20.4. The number of unbranched alkanes of at least 4 members (excludes halogenated alkanes) is 6. The molecule has 336 valence electrons. The normalized spacial score (nSPS) is 11.2. The molecule has 0 unspecified atom stereocenters. The second-order valence-electron chi connectivity index (χ2n) is 12.3. The van der Waals surface area contributed by atoms with Crippen molar-refractivity contribution in [1.82, 2.24) is 0 Å². The van der Waals surface area contributed by atoms with Gasteiger partial charge in [0.1, 0.15) is 13.2 Å². The van der Waals surface area contributed by atoms with E-state index in [-0.39, 0.29) is 38.6 Å². The molecule has 0 aromatic heterocycles. The van der Waals surface area contributed by atoms with Gasteiger partial charge in [-0.15, -0.1) is 0 Å². The van der Waals surface area contributed by atoms with Gasteiger partial charge in [0, 0.05) is 12.8 Å². The molecule has 0 fully saturated rings. The minimum Gasteiger partial charge on any atom is -0.476 e. The van der Waals surface area contributed by atoms with Gasteiger partial charge >= 0.3 is 17.9 Å². The van der Waals surface area contributed by atoms with Gasteiger partial charge in [0.25, 0.3) is 0 Å². The Morgan fingerprint density at radius 1 is 0.316 bits per heavy atom. The number of hydrogen-bond donors (Lipinski definition) is 1. The lowest BCUT2D eigenvalue weighted by molar-refractivity contribution is -0.151. The number of carbonyl (C=O) groups is 4. The van der Waals surface area contributed by atoms with Crippen molar-refractivity contribution in [2.75, 3.05) is 159 Å². The summed E-state index contributed by atoms with van der Waals surface area (Å²) in [6.45, 7) is 11.9. The predicted molar refractivity (Wildman–Crippen MR) is 205 cm³/mol. The van der Waals surface area contributed by atoms with Crippen LogP contribution in [0.1, 0.15) is 71.1 Å². The lowest BCUT2D eigenvalue weighted by atomic mass is 10.1. The molecule has 18 nitrogen and oxygen atoms in total. The topological polar surface area (TPSA) is 208 Å². The van der Waals surface area contributed by atoms with E-state index < -0.39 is 17.7 Å². The number of aliphatic carboxylic acids is 1. The van der Waals surface area contributed by atoms with E-state index in [0.717, 1.165) is 12.8 Å². The maximum Gasteiger partial charge on any atom is 0.372 e. The maximum atomic E-state index is 11.7. The SMILES string of the molecule is CCCCCCCCCC(=O)OCCOCCOCCOCCOCCOCCOCCOCCOCCOCCOCCOCCOC(=O)CCC(=O)C(=O)O. The quantitative estimate of drug-likeness (QED) is 0.0531. The molecule has 57 heavy (non-hydrogen) atoms. The molecule has 0 rings (SSSR count). The summed E-state index contributed by atoms with van der Waals surface area (Å²) in [5.41, 5.74) is 0. The Morgan fingerprint density at radius 3 is 0.842 bits per heavy atom. The summed E-state index contributed by atoms with van der Waals surface area (Å²) in [4.78, 5) is 44.4. The van der Waals surface area contributed by atoms with Gasteiger partial charge in [-0.2, -0.15) is 0 Å². The van der Waals surface area contributed by atoms with Gasteiger partial charge < -0.3 is 66.7 Å². The summed E-state index contributed by atoms with van der Waals surface area (Å²) in [6, 6.07) is 0. The third kappa shape index (κ3) is 46.2. The number of hydrogen-bond acceptors (Lipinski definition) is 17. The molecule has 0 radical (unpaired) electrons. The van der Waals surface area contributed by atoms with Crippen molar-refractivity contribution < 1.29 is 85.9 Å². The van der Waals surface area contributed by atoms with Crippen molar-refractivity contribution in [3.8, 4) is 0 Å². The summed E-state index contributed by atoms with van der Waals surface area (Å²) in [5.74, 6) is -3.40. The number of esters is 2. The Bertz CT molecular complexity index is 909. The lowest BCUT2D eigenvalue weighted by Crippen LogP contribution is -2.17. The Morgan fingerprint density at radius 2 is 0.561 bits per heavy atom. The van der Waals surface area contributed by atoms with E-state index in [4.69, 9.17) is 66.7 Å². The van der Waals surface area contributed by atoms with E-state index >= 15 is 0 Å². The van der Waals surface area contributed by atoms with Gasteiger partial charge in [0.15, 0.2) is 0 Å². The summed E-state index contributed by atoms with van der Waals surface area (Å²) in [6.07, 6.45) is 8.05. The molecule has 0 heterocycles. The largest absolute Gasteiger partial charge is 0.476 e. The second kappa shape index (κ2) is 46.3. The molecule has 0 aromatic rings. The fourth-order valence-electron chi connectivity index (χ4n) is 4.42. The van der Waals surface area contributed by atoms with E-state index in [1.54, 1.807) is 0 Å². The Labute approximate surface area is 339 Å². The first-order valence-electron chi connectivity index (χ1n) is 20.4. The maximum absolute atomic E-state index is 11.7. The van der Waals surface area contributed by atoms with E-state index in [9.17, 15) is 19.2 Å². The van der Waals surface area contributed by atoms with Crippen molar-refractivity contribution >= 4 is 23.7 Å². The van der Waals surface area contributed by atoms with E-state index in [1.165, 1.54) is 32.1 Å². The standard InChI is InChI=1S/C39H72O18/c1-2-3-4-5-6-7-8-9-37(41)56-34-32-54-30-28-52-26-24-50-22-20-48-18-16-46-14-12-45-13-15-47-17-19-49-21-23-51-25-27-53-29-31-55-33-35-57-38(42)11-10-36(40)39(43)44/h2-35H2,1H3,(H,43,44). The van der Waals surface area contributed by atoms with Crippen LogP contribution < -0.4 is 0 Å². The fraction of sp³-hybridized carbons (Fsp3) is 0.897. The average Bonchev–Trinajstić information content (AvgIpc) is 3.20. The van der Waals surface area contributed by atoms with Gasteiger partial charge in [0.05, 0.1) is 152 Å². The molecular formula is C39H72O18. The van der Waals surface area contributed by atoms with Crippen molar-refractivity contribution in [3.05, 3.63) is 0 Å². The van der Waals surface area contributed by atoms with Gasteiger partial charge in [-0.25, -0.2) is 4.79 Å². The number of ketones is 1. The summed E-state index contributed by atoms with van der Waals surface area (Å²) >= 11 is 0. The molecule has 1 N–H and O–H groups in total. The number of carboxylic acid groups (broad SMARTS) is 1. The molecule has 0 saturated heterocycles. The zero-order valence-electron chi connectivity index (χ0n) is 34.4. The molecule has 0 saturated carbocycles. The molecule has 0 bridgehead atoms. The zero-order chi connectivity index (χ0) is 41.5. The number of carboxylic acids is 1. The lowest BCUT2D eigenvalue weighted by Gasteiger charge is -2.09. The smallest absolute Gasteiger partial charge is 0.372 e. The van der Waals surface area contributed by atoms with Crippen LogP contribution in [0.15, 0.2) is 0 Å². The van der Waals surface area contributed by atoms with Crippen LogP contribution in [0.5, 0.6) is 0 Å². The van der Waals surface area contributed by atoms with Crippen molar-refractivity contribution in [3.63, 3.8) is 0 Å². The third-order valence-corrected chi connectivity index (χ3v) is 7.48. The summed E-state index contributed by atoms with van der Waals surface area (Å²) in [5, 5.41) is 8.46. The van der Waals surface area contributed by atoms with Gasteiger partial charge in [-0.05, 0) is 6.42 Å². The van der Waals surface area contributed by atoms with Crippen LogP contribution in [0, 0.1) is 0 Å². The van der Waals surface area contributed by atoms with Gasteiger partial charge in [0.2, 0.25) is 5.78 Å². The Hall–Kier alpha value is -2.36. The van der Waals surface area contributed by atoms with Crippen LogP contribution in [-0.4, -0.2) is 187 Å². The molecular weight excluding hydrogens is 756 g/mol. The first-order chi connectivity index (χ1) is 28.0. The molecule has 18 heteroatoms. The molecule has 0 spiro atoms. The van der Waals surface area contributed by atoms with Crippen LogP contribution in [-0.2, 0) is 80.8 Å². The number of ether oxygens (including phenoxy) is 13. The molecule has 0 aliphatic heterocycles. The highest BCUT2D eigenvalue weighted by Gasteiger charge is 2.14. The van der Waals surface area contributed by atoms with Crippen molar-refractivity contribution in [2.24, 2.45) is 0 Å². The first kappa shape index (κ1) is 54.6. The Kier molecular flexibility index (Phi) is 44.4. The van der Waals surface area contributed by atoms with Crippen LogP contribution in [0.25, 0.3) is 0 Å². The van der Waals surface area contributed by atoms with Crippen LogP contribution in [0.2, 0.25) is 0 Å². The minimum absolute atomic E-state index is 0.00927. The third-order valence-electron chi connectivity index (χ3n) is 7.48. The van der Waals surface area contributed by atoms with Crippen LogP contribution >= 0.6 is 0 Å². The van der Waals surface area contributed by atoms with E-state index in [2.05, 4.69) is 6.92 Å². The average molecular weight is 829 g/mol. The van der Waals surface area contributed by atoms with Crippen LogP contribution in [0.4, 0.5) is 0 Å². The molecule has 0 atom stereocenters. The van der Waals surface area contributed by atoms with Crippen molar-refractivity contribution in [2.45, 2.75) is 71.1 Å². The monoisotopic (exact) mass is 828 g/mol. The highest BCUT2D eigenvalue weighted by Crippen LogP contribution is 2.08. The summed E-state index contributed by atoms with van der Waals surface area (Å²) < 4.78 is 69.8. The summed E-state index contributed by atoms with van der Waals surface area (Å²) in [7, 11) is 0. The molecule has 0 amide bonds. The molecule has 0 aromatic carbocycles. The van der Waals surface area contributed by atoms with E-state index in [0.29, 0.717) is 145 Å².